The molecular formula is C35H48O7. The molecule has 3 saturated heterocycles. The highest BCUT2D eigenvalue weighted by Crippen LogP contribution is 2.48. The highest BCUT2D eigenvalue weighted by atomic mass is 16.7. The molecule has 7 nitrogen and oxygen atoms in total. The number of carbonyl (C=O) groups is 1. The fraction of sp³-hybridized carbons (Fsp3) is 0.629. The average molecular weight is 581 g/mol. The molecule has 0 bridgehead atoms. The Morgan fingerprint density at radius 3 is 2.31 bits per heavy atom. The summed E-state index contributed by atoms with van der Waals surface area (Å²) in [5.74, 6) is 0.555. The van der Waals surface area contributed by atoms with Crippen LogP contribution in [0.5, 0.6) is 5.75 Å². The standard InChI is InChI=1S/C35H48O7/c1-6-10-29-23(2)17-30-34(40-29)25(4)20-35(41-30)19-24(3)33(39-22-27-13-15-28(37-5)16-14-27)31(42-35)18-32(36)38-21-26-11-8-7-9-12-26/h7-9,11-16,23-25,29-31,33-34H,6,10,17-22H2,1-5H3/t23-,24+,25+,29?,30+,31+,33+,34+,35?/m1/s1. The number of ether oxygens (including phenoxy) is 6. The van der Waals surface area contributed by atoms with Crippen LogP contribution in [0, 0.1) is 17.8 Å². The molecule has 0 radical (unpaired) electrons. The fourth-order valence-electron chi connectivity index (χ4n) is 7.14. The van der Waals surface area contributed by atoms with Crippen molar-refractivity contribution in [3.63, 3.8) is 0 Å². The van der Waals surface area contributed by atoms with Crippen LogP contribution in [0.3, 0.4) is 0 Å². The van der Waals surface area contributed by atoms with Gasteiger partial charge in [0.25, 0.3) is 0 Å². The van der Waals surface area contributed by atoms with E-state index in [-0.39, 0.29) is 55.2 Å². The van der Waals surface area contributed by atoms with Crippen LogP contribution < -0.4 is 4.74 Å². The number of fused-ring (bicyclic) bond motifs is 1. The van der Waals surface area contributed by atoms with Crippen LogP contribution in [0.4, 0.5) is 0 Å². The third kappa shape index (κ3) is 7.36. The molecule has 0 N–H and O–H groups in total. The maximum absolute atomic E-state index is 13.2. The van der Waals surface area contributed by atoms with E-state index in [1.807, 2.05) is 54.6 Å². The summed E-state index contributed by atoms with van der Waals surface area (Å²) in [5.41, 5.74) is 1.99. The van der Waals surface area contributed by atoms with E-state index >= 15 is 0 Å². The lowest BCUT2D eigenvalue weighted by molar-refractivity contribution is -0.376. The van der Waals surface area contributed by atoms with E-state index in [1.54, 1.807) is 7.11 Å². The first-order valence-corrected chi connectivity index (χ1v) is 15.7. The molecule has 0 amide bonds. The van der Waals surface area contributed by atoms with Gasteiger partial charge in [-0.25, -0.2) is 0 Å². The van der Waals surface area contributed by atoms with Crippen LogP contribution in [0.15, 0.2) is 54.6 Å². The summed E-state index contributed by atoms with van der Waals surface area (Å²) >= 11 is 0. The first-order chi connectivity index (χ1) is 20.3. The largest absolute Gasteiger partial charge is 0.497 e. The van der Waals surface area contributed by atoms with Crippen molar-refractivity contribution in [2.24, 2.45) is 17.8 Å². The van der Waals surface area contributed by atoms with Crippen molar-refractivity contribution in [3.8, 4) is 5.75 Å². The molecule has 5 rings (SSSR count). The van der Waals surface area contributed by atoms with E-state index in [0.717, 1.165) is 42.6 Å². The average Bonchev–Trinajstić information content (AvgIpc) is 2.97. The molecule has 0 saturated carbocycles. The second kappa shape index (κ2) is 13.9. The summed E-state index contributed by atoms with van der Waals surface area (Å²) in [6, 6.07) is 17.6. The number of rotatable bonds is 10. The first-order valence-electron chi connectivity index (χ1n) is 15.7. The van der Waals surface area contributed by atoms with Gasteiger partial charge in [0.2, 0.25) is 0 Å². The van der Waals surface area contributed by atoms with Crippen LogP contribution in [0.25, 0.3) is 0 Å². The van der Waals surface area contributed by atoms with E-state index in [0.29, 0.717) is 18.9 Å². The Morgan fingerprint density at radius 2 is 1.60 bits per heavy atom. The molecule has 42 heavy (non-hydrogen) atoms. The van der Waals surface area contributed by atoms with Gasteiger partial charge in [-0.3, -0.25) is 4.79 Å². The molecule has 7 heteroatoms. The number of carbonyl (C=O) groups excluding carboxylic acids is 1. The molecule has 2 aromatic rings. The highest BCUT2D eigenvalue weighted by molar-refractivity contribution is 5.70. The lowest BCUT2D eigenvalue weighted by atomic mass is 9.76. The van der Waals surface area contributed by atoms with Crippen molar-refractivity contribution in [2.75, 3.05) is 7.11 Å². The van der Waals surface area contributed by atoms with Crippen LogP contribution in [0.1, 0.15) is 77.3 Å². The summed E-state index contributed by atoms with van der Waals surface area (Å²) in [6.45, 7) is 9.57. The second-order valence-electron chi connectivity index (χ2n) is 12.7. The molecule has 9 atom stereocenters. The molecule has 3 fully saturated rings. The number of methoxy groups -OCH3 is 1. The summed E-state index contributed by atoms with van der Waals surface area (Å²) in [6.07, 6.45) is 4.25. The smallest absolute Gasteiger partial charge is 0.308 e. The minimum absolute atomic E-state index is 0.0218. The zero-order valence-corrected chi connectivity index (χ0v) is 25.8. The molecular weight excluding hydrogens is 532 g/mol. The molecule has 230 valence electrons. The van der Waals surface area contributed by atoms with E-state index in [2.05, 4.69) is 27.7 Å². The van der Waals surface area contributed by atoms with Gasteiger partial charge >= 0.3 is 5.97 Å². The maximum atomic E-state index is 13.2. The van der Waals surface area contributed by atoms with Gasteiger partial charge < -0.3 is 28.4 Å². The minimum Gasteiger partial charge on any atom is -0.497 e. The fourth-order valence-corrected chi connectivity index (χ4v) is 7.14. The SMILES string of the molecule is CCCC1O[C@@H]2[C@H](C[C@H]1C)OC1(C[C@H](C)[C@H](OCc3ccc(OC)cc3)[C@H](CC(=O)OCc3ccccc3)O1)C[C@@H]2C. The van der Waals surface area contributed by atoms with Crippen LogP contribution in [-0.4, -0.2) is 49.4 Å². The predicted octanol–water partition coefficient (Wildman–Crippen LogP) is 6.85. The van der Waals surface area contributed by atoms with Gasteiger partial charge in [0.15, 0.2) is 5.79 Å². The van der Waals surface area contributed by atoms with Gasteiger partial charge in [0.05, 0.1) is 50.7 Å². The Hall–Kier alpha value is -2.45. The topological polar surface area (TPSA) is 72.5 Å². The van der Waals surface area contributed by atoms with E-state index in [4.69, 9.17) is 28.4 Å². The lowest BCUT2D eigenvalue weighted by Gasteiger charge is -2.56. The normalized spacial score (nSPS) is 34.5. The molecule has 3 aliphatic rings. The molecule has 0 aliphatic carbocycles. The van der Waals surface area contributed by atoms with Gasteiger partial charge in [-0.15, -0.1) is 0 Å². The number of benzene rings is 2. The molecule has 0 aromatic heterocycles. The van der Waals surface area contributed by atoms with Crippen molar-refractivity contribution >= 4 is 5.97 Å². The van der Waals surface area contributed by atoms with Gasteiger partial charge in [-0.05, 0) is 53.9 Å². The Balaban J connectivity index is 1.30. The monoisotopic (exact) mass is 580 g/mol. The Morgan fingerprint density at radius 1 is 0.881 bits per heavy atom. The number of hydrogen-bond donors (Lipinski definition) is 0. The first kappa shape index (κ1) is 31.0. The highest BCUT2D eigenvalue weighted by Gasteiger charge is 2.55. The predicted molar refractivity (Wildman–Crippen MR) is 160 cm³/mol. The zero-order chi connectivity index (χ0) is 29.7. The zero-order valence-electron chi connectivity index (χ0n) is 25.8. The lowest BCUT2D eigenvalue weighted by Crippen LogP contribution is -2.62. The van der Waals surface area contributed by atoms with Gasteiger partial charge in [0, 0.05) is 12.8 Å². The summed E-state index contributed by atoms with van der Waals surface area (Å²) < 4.78 is 37.8. The summed E-state index contributed by atoms with van der Waals surface area (Å²) in [7, 11) is 1.66. The van der Waals surface area contributed by atoms with Crippen LogP contribution >= 0.6 is 0 Å². The molecule has 2 aromatic carbocycles. The van der Waals surface area contributed by atoms with Gasteiger partial charge in [-0.2, -0.15) is 0 Å². The van der Waals surface area contributed by atoms with Crippen molar-refractivity contribution in [1.29, 1.82) is 0 Å². The summed E-state index contributed by atoms with van der Waals surface area (Å²) in [5, 5.41) is 0. The number of esters is 1. The van der Waals surface area contributed by atoms with E-state index < -0.39 is 11.9 Å². The van der Waals surface area contributed by atoms with Crippen molar-refractivity contribution < 1.29 is 33.2 Å². The van der Waals surface area contributed by atoms with Crippen molar-refractivity contribution in [2.45, 2.75) is 116 Å². The third-order valence-corrected chi connectivity index (χ3v) is 9.21. The third-order valence-electron chi connectivity index (χ3n) is 9.21. The molecule has 1 spiro atoms. The van der Waals surface area contributed by atoms with Crippen LogP contribution in [0.2, 0.25) is 0 Å². The second-order valence-corrected chi connectivity index (χ2v) is 12.7. The Bertz CT molecular complexity index is 1140. The Labute approximate surface area is 251 Å². The molecule has 2 unspecified atom stereocenters. The Kier molecular flexibility index (Phi) is 10.3. The van der Waals surface area contributed by atoms with Crippen molar-refractivity contribution in [3.05, 3.63) is 65.7 Å². The van der Waals surface area contributed by atoms with Crippen LogP contribution in [-0.2, 0) is 41.7 Å². The molecule has 3 aliphatic heterocycles. The van der Waals surface area contributed by atoms with Gasteiger partial charge in [-0.1, -0.05) is 76.6 Å². The summed E-state index contributed by atoms with van der Waals surface area (Å²) in [4.78, 5) is 13.2. The van der Waals surface area contributed by atoms with Gasteiger partial charge in [0.1, 0.15) is 12.4 Å². The van der Waals surface area contributed by atoms with Crippen molar-refractivity contribution in [1.82, 2.24) is 0 Å². The maximum Gasteiger partial charge on any atom is 0.308 e. The molecule has 3 heterocycles. The van der Waals surface area contributed by atoms with E-state index in [9.17, 15) is 4.79 Å². The minimum atomic E-state index is -0.773. The quantitative estimate of drug-likeness (QED) is 0.285. The number of hydrogen-bond acceptors (Lipinski definition) is 7. The van der Waals surface area contributed by atoms with E-state index in [1.165, 1.54) is 0 Å².